The molecule has 3 nitrogen and oxygen atoms in total. The monoisotopic (exact) mass is 287 g/mol. The van der Waals surface area contributed by atoms with Crippen molar-refractivity contribution in [2.75, 3.05) is 6.61 Å². The van der Waals surface area contributed by atoms with Crippen LogP contribution in [-0.2, 0) is 0 Å². The molecule has 3 heteroatoms. The van der Waals surface area contributed by atoms with Gasteiger partial charge in [-0.15, -0.1) is 0 Å². The zero-order valence-electron chi connectivity index (χ0n) is 13.0. The van der Waals surface area contributed by atoms with Gasteiger partial charge in [-0.05, 0) is 43.4 Å². The summed E-state index contributed by atoms with van der Waals surface area (Å²) in [6.45, 7) is 4.70. The van der Waals surface area contributed by atoms with E-state index in [-0.39, 0.29) is 0 Å². The van der Waals surface area contributed by atoms with Crippen molar-refractivity contribution in [1.82, 2.24) is 0 Å². The normalized spacial score (nSPS) is 26.9. The van der Waals surface area contributed by atoms with Crippen molar-refractivity contribution < 1.29 is 9.84 Å². The fraction of sp³-hybridized carbons (Fsp3) is 0.611. The lowest BCUT2D eigenvalue weighted by Gasteiger charge is -2.39. The van der Waals surface area contributed by atoms with Gasteiger partial charge in [0.1, 0.15) is 5.75 Å². The Labute approximate surface area is 127 Å². The highest BCUT2D eigenvalue weighted by Gasteiger charge is 2.43. The fourth-order valence-corrected chi connectivity index (χ4v) is 3.45. The summed E-state index contributed by atoms with van der Waals surface area (Å²) in [5, 5.41) is 20.5. The van der Waals surface area contributed by atoms with Crippen LogP contribution in [0.15, 0.2) is 24.3 Å². The number of aliphatic hydroxyl groups is 1. The molecule has 0 aliphatic heterocycles. The van der Waals surface area contributed by atoms with Crippen LogP contribution in [0.2, 0.25) is 0 Å². The van der Waals surface area contributed by atoms with E-state index in [0.29, 0.717) is 12.5 Å². The molecule has 1 N–H and O–H groups in total. The highest BCUT2D eigenvalue weighted by atomic mass is 16.5. The van der Waals surface area contributed by atoms with Crippen LogP contribution in [-0.4, -0.2) is 11.7 Å². The molecule has 3 atom stereocenters. The number of aliphatic hydroxyl groups excluding tert-OH is 1. The molecule has 1 saturated carbocycles. The maximum atomic E-state index is 10.8. The lowest BCUT2D eigenvalue weighted by Crippen LogP contribution is -2.33. The van der Waals surface area contributed by atoms with Gasteiger partial charge in [0.05, 0.1) is 24.2 Å². The molecule has 0 saturated heterocycles. The maximum Gasteiger partial charge on any atom is 0.119 e. The maximum absolute atomic E-state index is 10.8. The zero-order chi connectivity index (χ0) is 15.3. The predicted molar refractivity (Wildman–Crippen MR) is 82.9 cm³/mol. The summed E-state index contributed by atoms with van der Waals surface area (Å²) in [5.41, 5.74) is 0.142. The van der Waals surface area contributed by atoms with Crippen molar-refractivity contribution >= 4 is 0 Å². The van der Waals surface area contributed by atoms with Crippen molar-refractivity contribution in [2.45, 2.75) is 52.1 Å². The second kappa shape index (κ2) is 6.95. The van der Waals surface area contributed by atoms with E-state index >= 15 is 0 Å². The smallest absolute Gasteiger partial charge is 0.119 e. The molecule has 0 spiro atoms. The molecule has 1 aromatic rings. The molecule has 0 radical (unpaired) electrons. The Morgan fingerprint density at radius 1 is 1.48 bits per heavy atom. The highest BCUT2D eigenvalue weighted by molar-refractivity contribution is 5.32. The first-order chi connectivity index (χ1) is 10.1. The van der Waals surface area contributed by atoms with Gasteiger partial charge in [-0.25, -0.2) is 0 Å². The number of hydrogen-bond acceptors (Lipinski definition) is 3. The predicted octanol–water partition coefficient (Wildman–Crippen LogP) is 4.23. The quantitative estimate of drug-likeness (QED) is 0.881. The van der Waals surface area contributed by atoms with Crippen molar-refractivity contribution in [3.8, 4) is 11.8 Å². The molecule has 1 aliphatic carbocycles. The second-order valence-corrected chi connectivity index (χ2v) is 6.05. The summed E-state index contributed by atoms with van der Waals surface area (Å²) in [4.78, 5) is 0. The van der Waals surface area contributed by atoms with Crippen LogP contribution >= 0.6 is 0 Å². The average Bonchev–Trinajstić information content (AvgIpc) is 2.54. The Hall–Kier alpha value is -1.53. The van der Waals surface area contributed by atoms with Crippen LogP contribution in [0.3, 0.4) is 0 Å². The summed E-state index contributed by atoms with van der Waals surface area (Å²) in [6.07, 6.45) is 4.10. The highest BCUT2D eigenvalue weighted by Crippen LogP contribution is 2.48. The Bertz CT molecular complexity index is 508. The SMILES string of the molecule is CCOc1cccc(C(O)C2(C#N)CCCC(CC)C2)c1. The van der Waals surface area contributed by atoms with E-state index < -0.39 is 11.5 Å². The third kappa shape index (κ3) is 3.39. The lowest BCUT2D eigenvalue weighted by atomic mass is 9.65. The number of nitrogens with zero attached hydrogens (tertiary/aromatic N) is 1. The summed E-state index contributed by atoms with van der Waals surface area (Å²) in [5.74, 6) is 1.30. The van der Waals surface area contributed by atoms with Gasteiger partial charge in [0, 0.05) is 0 Å². The van der Waals surface area contributed by atoms with Crippen molar-refractivity contribution in [3.05, 3.63) is 29.8 Å². The van der Waals surface area contributed by atoms with Gasteiger partial charge in [0.25, 0.3) is 0 Å². The summed E-state index contributed by atoms with van der Waals surface area (Å²) < 4.78 is 5.50. The van der Waals surface area contributed by atoms with Crippen LogP contribution in [0.4, 0.5) is 0 Å². The average molecular weight is 287 g/mol. The third-order valence-electron chi connectivity index (χ3n) is 4.70. The van der Waals surface area contributed by atoms with Gasteiger partial charge >= 0.3 is 0 Å². The Morgan fingerprint density at radius 3 is 2.95 bits per heavy atom. The largest absolute Gasteiger partial charge is 0.494 e. The van der Waals surface area contributed by atoms with Crippen LogP contribution < -0.4 is 4.74 Å². The van der Waals surface area contributed by atoms with E-state index in [1.54, 1.807) is 0 Å². The molecular weight excluding hydrogens is 262 g/mol. The number of hydrogen-bond donors (Lipinski definition) is 1. The molecule has 1 aromatic carbocycles. The molecule has 0 aromatic heterocycles. The molecule has 21 heavy (non-hydrogen) atoms. The molecule has 0 heterocycles. The number of rotatable bonds is 5. The van der Waals surface area contributed by atoms with E-state index in [1.807, 2.05) is 31.2 Å². The zero-order valence-corrected chi connectivity index (χ0v) is 13.0. The molecule has 3 unspecified atom stereocenters. The van der Waals surface area contributed by atoms with Crippen LogP contribution in [0.5, 0.6) is 5.75 Å². The standard InChI is InChI=1S/C18H25NO2/c1-3-14-7-6-10-18(12-14,13-19)17(20)15-8-5-9-16(11-15)21-4-2/h5,8-9,11,14,17,20H,3-4,6-7,10,12H2,1-2H3. The Morgan fingerprint density at radius 2 is 2.29 bits per heavy atom. The summed E-state index contributed by atoms with van der Waals surface area (Å²) >= 11 is 0. The van der Waals surface area contributed by atoms with Gasteiger partial charge in [0.15, 0.2) is 0 Å². The number of nitriles is 1. The number of ether oxygens (including phenoxy) is 1. The van der Waals surface area contributed by atoms with E-state index in [4.69, 9.17) is 4.74 Å². The van der Waals surface area contributed by atoms with Gasteiger partial charge < -0.3 is 9.84 Å². The van der Waals surface area contributed by atoms with Crippen molar-refractivity contribution in [1.29, 1.82) is 5.26 Å². The van der Waals surface area contributed by atoms with Crippen molar-refractivity contribution in [3.63, 3.8) is 0 Å². The first-order valence-corrected chi connectivity index (χ1v) is 7.97. The van der Waals surface area contributed by atoms with Crippen LogP contribution in [0, 0.1) is 22.7 Å². The van der Waals surface area contributed by atoms with Crippen LogP contribution in [0.25, 0.3) is 0 Å². The summed E-state index contributed by atoms with van der Waals surface area (Å²) in [7, 11) is 0. The molecule has 1 fully saturated rings. The van der Waals surface area contributed by atoms with Crippen LogP contribution in [0.1, 0.15) is 57.6 Å². The summed E-state index contributed by atoms with van der Waals surface area (Å²) in [6, 6.07) is 9.96. The molecule has 1 aliphatic rings. The van der Waals surface area contributed by atoms with Gasteiger partial charge in [-0.1, -0.05) is 38.3 Å². The minimum absolute atomic E-state index is 0.545. The van der Waals surface area contributed by atoms with Crippen molar-refractivity contribution in [2.24, 2.45) is 11.3 Å². The number of benzene rings is 1. The van der Waals surface area contributed by atoms with Gasteiger partial charge in [0.2, 0.25) is 0 Å². The molecular formula is C18H25NO2. The topological polar surface area (TPSA) is 53.2 Å². The van der Waals surface area contributed by atoms with Gasteiger partial charge in [-0.3, -0.25) is 0 Å². The first-order valence-electron chi connectivity index (χ1n) is 7.97. The van der Waals surface area contributed by atoms with Gasteiger partial charge in [-0.2, -0.15) is 5.26 Å². The molecule has 0 amide bonds. The fourth-order valence-electron chi connectivity index (χ4n) is 3.45. The Balaban J connectivity index is 2.25. The van der Waals surface area contributed by atoms with E-state index in [1.165, 1.54) is 6.42 Å². The lowest BCUT2D eigenvalue weighted by molar-refractivity contribution is 0.0184. The second-order valence-electron chi connectivity index (χ2n) is 6.05. The Kier molecular flexibility index (Phi) is 5.25. The van der Waals surface area contributed by atoms with E-state index in [2.05, 4.69) is 13.0 Å². The van der Waals surface area contributed by atoms with E-state index in [0.717, 1.165) is 37.0 Å². The third-order valence-corrected chi connectivity index (χ3v) is 4.70. The minimum Gasteiger partial charge on any atom is -0.494 e. The first kappa shape index (κ1) is 15.9. The molecule has 114 valence electrons. The molecule has 2 rings (SSSR count). The van der Waals surface area contributed by atoms with E-state index in [9.17, 15) is 10.4 Å². The minimum atomic E-state index is -0.739. The molecule has 0 bridgehead atoms.